The Kier molecular flexibility index (Phi) is 3.45. The van der Waals surface area contributed by atoms with Crippen LogP contribution in [0.3, 0.4) is 0 Å². The average molecular weight is 285 g/mol. The Morgan fingerprint density at radius 2 is 2.25 bits per heavy atom. The van der Waals surface area contributed by atoms with Gasteiger partial charge in [0.25, 0.3) is 11.8 Å². The van der Waals surface area contributed by atoms with Crippen LogP contribution in [-0.2, 0) is 9.53 Å². The highest BCUT2D eigenvalue weighted by Gasteiger charge is 2.42. The van der Waals surface area contributed by atoms with Gasteiger partial charge >= 0.3 is 0 Å². The summed E-state index contributed by atoms with van der Waals surface area (Å²) < 4.78 is 33.0. The van der Waals surface area contributed by atoms with Crippen LogP contribution in [0, 0.1) is 0 Å². The number of halogens is 2. The molecule has 0 aromatic carbocycles. The third-order valence-corrected chi connectivity index (χ3v) is 3.45. The molecule has 1 aliphatic carbocycles. The molecule has 0 bridgehead atoms. The van der Waals surface area contributed by atoms with Crippen LogP contribution in [0.15, 0.2) is 35.0 Å². The standard InChI is InChI=1S/C13H17F2N3O2/c1-3-11-18(10(6-20-11)12(17)19)9-5-13(14,15)7(2)4-8(9)16/h4,6,11H,3,5,16H2,1-2H3,(H2,17,19). The molecule has 5 nitrogen and oxygen atoms in total. The lowest BCUT2D eigenvalue weighted by Gasteiger charge is -2.34. The first-order valence-corrected chi connectivity index (χ1v) is 6.27. The fourth-order valence-corrected chi connectivity index (χ4v) is 2.29. The Morgan fingerprint density at radius 1 is 1.60 bits per heavy atom. The van der Waals surface area contributed by atoms with Crippen LogP contribution in [-0.4, -0.2) is 23.0 Å². The highest BCUT2D eigenvalue weighted by Crippen LogP contribution is 2.40. The van der Waals surface area contributed by atoms with E-state index in [1.165, 1.54) is 24.2 Å². The normalized spacial score (nSPS) is 25.2. The first kappa shape index (κ1) is 14.4. The summed E-state index contributed by atoms with van der Waals surface area (Å²) in [6.07, 6.45) is 1.79. The number of primary amides is 1. The van der Waals surface area contributed by atoms with E-state index in [4.69, 9.17) is 16.2 Å². The minimum Gasteiger partial charge on any atom is -0.475 e. The molecule has 0 radical (unpaired) electrons. The molecule has 110 valence electrons. The molecule has 20 heavy (non-hydrogen) atoms. The predicted molar refractivity (Wildman–Crippen MR) is 68.8 cm³/mol. The highest BCUT2D eigenvalue weighted by atomic mass is 19.3. The molecule has 0 aromatic rings. The van der Waals surface area contributed by atoms with E-state index in [1.54, 1.807) is 0 Å². The smallest absolute Gasteiger partial charge is 0.274 e. The van der Waals surface area contributed by atoms with Crippen molar-refractivity contribution in [2.24, 2.45) is 11.5 Å². The van der Waals surface area contributed by atoms with Crippen molar-refractivity contribution in [1.82, 2.24) is 4.90 Å². The van der Waals surface area contributed by atoms with Gasteiger partial charge in [0.2, 0.25) is 0 Å². The van der Waals surface area contributed by atoms with E-state index in [9.17, 15) is 13.6 Å². The van der Waals surface area contributed by atoms with E-state index in [-0.39, 0.29) is 22.7 Å². The van der Waals surface area contributed by atoms with Gasteiger partial charge in [-0.25, -0.2) is 8.78 Å². The monoisotopic (exact) mass is 285 g/mol. The van der Waals surface area contributed by atoms with Crippen LogP contribution in [0.25, 0.3) is 0 Å². The van der Waals surface area contributed by atoms with Crippen molar-refractivity contribution < 1.29 is 18.3 Å². The number of ether oxygens (including phenoxy) is 1. The van der Waals surface area contributed by atoms with E-state index in [2.05, 4.69) is 0 Å². The number of carbonyl (C=O) groups is 1. The lowest BCUT2D eigenvalue weighted by atomic mass is 9.96. The summed E-state index contributed by atoms with van der Waals surface area (Å²) in [6.45, 7) is 3.14. The Hall–Kier alpha value is -2.05. The van der Waals surface area contributed by atoms with Crippen LogP contribution < -0.4 is 11.5 Å². The van der Waals surface area contributed by atoms with Gasteiger partial charge in [0.05, 0.1) is 17.8 Å². The van der Waals surface area contributed by atoms with Gasteiger partial charge in [0, 0.05) is 6.42 Å². The van der Waals surface area contributed by atoms with Gasteiger partial charge in [0.1, 0.15) is 12.0 Å². The number of carbonyl (C=O) groups excluding carboxylic acids is 1. The van der Waals surface area contributed by atoms with E-state index < -0.39 is 24.5 Å². The number of alkyl halides is 2. The molecular weight excluding hydrogens is 268 g/mol. The summed E-state index contributed by atoms with van der Waals surface area (Å²) in [5, 5.41) is 0. The second kappa shape index (κ2) is 4.81. The van der Waals surface area contributed by atoms with Gasteiger partial charge in [-0.15, -0.1) is 0 Å². The lowest BCUT2D eigenvalue weighted by Crippen LogP contribution is -2.39. The molecule has 2 aliphatic rings. The number of allylic oxidation sites excluding steroid dienone is 3. The van der Waals surface area contributed by atoms with Crippen LogP contribution in [0.1, 0.15) is 26.7 Å². The number of rotatable bonds is 3. The zero-order valence-electron chi connectivity index (χ0n) is 11.3. The van der Waals surface area contributed by atoms with Crippen molar-refractivity contribution in [2.45, 2.75) is 38.8 Å². The van der Waals surface area contributed by atoms with Gasteiger partial charge in [0.15, 0.2) is 6.23 Å². The first-order valence-electron chi connectivity index (χ1n) is 6.27. The molecule has 1 aliphatic heterocycles. The predicted octanol–water partition coefficient (Wildman–Crippen LogP) is 1.54. The Labute approximate surface area is 115 Å². The molecule has 0 spiro atoms. The summed E-state index contributed by atoms with van der Waals surface area (Å²) in [5.41, 5.74) is 11.4. The quantitative estimate of drug-likeness (QED) is 0.824. The topological polar surface area (TPSA) is 81.6 Å². The maximum absolute atomic E-state index is 13.9. The summed E-state index contributed by atoms with van der Waals surface area (Å²) in [5.74, 6) is -3.74. The Bertz CT molecular complexity index is 538. The van der Waals surface area contributed by atoms with Crippen molar-refractivity contribution in [2.75, 3.05) is 0 Å². The fourth-order valence-electron chi connectivity index (χ4n) is 2.29. The average Bonchev–Trinajstić information content (AvgIpc) is 2.77. The van der Waals surface area contributed by atoms with Crippen molar-refractivity contribution in [1.29, 1.82) is 0 Å². The fraction of sp³-hybridized carbons (Fsp3) is 0.462. The molecule has 0 aromatic heterocycles. The molecule has 2 rings (SSSR count). The van der Waals surface area contributed by atoms with Crippen molar-refractivity contribution in [3.63, 3.8) is 0 Å². The number of amides is 1. The van der Waals surface area contributed by atoms with Gasteiger partial charge in [-0.3, -0.25) is 9.69 Å². The highest BCUT2D eigenvalue weighted by molar-refractivity contribution is 5.91. The zero-order valence-corrected chi connectivity index (χ0v) is 11.3. The molecule has 4 N–H and O–H groups in total. The van der Waals surface area contributed by atoms with Crippen molar-refractivity contribution in [3.05, 3.63) is 35.0 Å². The number of nitrogens with two attached hydrogens (primary N) is 2. The second-order valence-electron chi connectivity index (χ2n) is 4.85. The molecule has 1 atom stereocenters. The molecule has 0 saturated carbocycles. The van der Waals surface area contributed by atoms with Crippen LogP contribution in [0.4, 0.5) is 8.78 Å². The zero-order chi connectivity index (χ0) is 15.1. The maximum Gasteiger partial charge on any atom is 0.274 e. The summed E-state index contributed by atoms with van der Waals surface area (Å²) in [6, 6.07) is 0. The number of nitrogens with zero attached hydrogens (tertiary/aromatic N) is 1. The summed E-state index contributed by atoms with van der Waals surface area (Å²) >= 11 is 0. The molecule has 1 amide bonds. The molecule has 0 saturated heterocycles. The van der Waals surface area contributed by atoms with Gasteiger partial charge in [-0.1, -0.05) is 6.92 Å². The van der Waals surface area contributed by atoms with Crippen molar-refractivity contribution in [3.8, 4) is 0 Å². The van der Waals surface area contributed by atoms with Gasteiger partial charge in [-0.05, 0) is 18.6 Å². The number of hydrogen-bond acceptors (Lipinski definition) is 4. The summed E-state index contributed by atoms with van der Waals surface area (Å²) in [4.78, 5) is 12.8. The van der Waals surface area contributed by atoms with Crippen LogP contribution in [0.5, 0.6) is 0 Å². The minimum atomic E-state index is -3.00. The van der Waals surface area contributed by atoms with Crippen LogP contribution >= 0.6 is 0 Å². The van der Waals surface area contributed by atoms with E-state index in [0.29, 0.717) is 6.42 Å². The largest absolute Gasteiger partial charge is 0.475 e. The van der Waals surface area contributed by atoms with Gasteiger partial charge < -0.3 is 16.2 Å². The molecular formula is C13H17F2N3O2. The SMILES string of the molecule is CCC1OC=C(C(N)=O)N1C1=C(N)C=C(C)C(F)(F)C1. The van der Waals surface area contributed by atoms with E-state index in [1.807, 2.05) is 6.92 Å². The van der Waals surface area contributed by atoms with E-state index >= 15 is 0 Å². The van der Waals surface area contributed by atoms with Crippen LogP contribution in [0.2, 0.25) is 0 Å². The van der Waals surface area contributed by atoms with Gasteiger partial charge in [-0.2, -0.15) is 0 Å². The lowest BCUT2D eigenvalue weighted by molar-refractivity contribution is -0.116. The first-order chi connectivity index (χ1) is 9.27. The molecule has 1 heterocycles. The Balaban J connectivity index is 2.45. The second-order valence-corrected chi connectivity index (χ2v) is 4.85. The Morgan fingerprint density at radius 3 is 2.80 bits per heavy atom. The van der Waals surface area contributed by atoms with Crippen molar-refractivity contribution >= 4 is 5.91 Å². The third kappa shape index (κ3) is 2.23. The maximum atomic E-state index is 13.9. The third-order valence-electron chi connectivity index (χ3n) is 3.45. The van der Waals surface area contributed by atoms with E-state index in [0.717, 1.165) is 0 Å². The minimum absolute atomic E-state index is 0.0403. The molecule has 1 unspecified atom stereocenters. The number of hydrogen-bond donors (Lipinski definition) is 2. The molecule has 0 fully saturated rings. The molecule has 7 heteroatoms. The summed E-state index contributed by atoms with van der Waals surface area (Å²) in [7, 11) is 0.